The predicted octanol–water partition coefficient (Wildman–Crippen LogP) is 5.54. The van der Waals surface area contributed by atoms with Crippen LogP contribution >= 0.6 is 18.9 Å². The number of halogens is 3. The van der Waals surface area contributed by atoms with E-state index in [4.69, 9.17) is 11.6 Å². The molecule has 1 unspecified atom stereocenters. The maximum Gasteiger partial charge on any atom is 0.400 e. The lowest BCUT2D eigenvalue weighted by atomic mass is 10.1. The standard InChI is InChI=1S/C17H15ClF2N3O2P/c1-26(24,23-14-5-3-2-4-6-14)11-12-7-9-13(10-8-12)15-21-16(25-22-15)17(18,19)20/h2-10H,11H2,1H3,(H,23,24). The maximum atomic E-state index is 12.9. The van der Waals surface area contributed by atoms with E-state index in [1.807, 2.05) is 30.3 Å². The van der Waals surface area contributed by atoms with E-state index in [2.05, 4.69) is 19.8 Å². The molecule has 0 aliphatic carbocycles. The first-order chi connectivity index (χ1) is 12.2. The van der Waals surface area contributed by atoms with E-state index in [1.165, 1.54) is 0 Å². The van der Waals surface area contributed by atoms with Crippen molar-refractivity contribution in [3.8, 4) is 11.4 Å². The molecule has 1 heterocycles. The van der Waals surface area contributed by atoms with Crippen LogP contribution in [0.5, 0.6) is 0 Å². The van der Waals surface area contributed by atoms with Crippen LogP contribution in [0.25, 0.3) is 11.4 Å². The number of hydrogen-bond acceptors (Lipinski definition) is 4. The van der Waals surface area contributed by atoms with Crippen molar-refractivity contribution in [2.75, 3.05) is 11.8 Å². The van der Waals surface area contributed by atoms with Crippen LogP contribution in [0.4, 0.5) is 14.5 Å². The van der Waals surface area contributed by atoms with Gasteiger partial charge in [0.05, 0.1) is 0 Å². The molecule has 26 heavy (non-hydrogen) atoms. The number of benzene rings is 2. The number of anilines is 1. The summed E-state index contributed by atoms with van der Waals surface area (Å²) in [6, 6.07) is 16.1. The first-order valence-electron chi connectivity index (χ1n) is 7.63. The second-order valence-electron chi connectivity index (χ2n) is 5.85. The molecule has 0 amide bonds. The van der Waals surface area contributed by atoms with E-state index in [9.17, 15) is 13.3 Å². The lowest BCUT2D eigenvalue weighted by Crippen LogP contribution is -2.03. The van der Waals surface area contributed by atoms with Gasteiger partial charge in [-0.3, -0.25) is 0 Å². The number of alkyl halides is 3. The predicted molar refractivity (Wildman–Crippen MR) is 96.8 cm³/mol. The third kappa shape index (κ3) is 4.68. The van der Waals surface area contributed by atoms with Gasteiger partial charge in [-0.1, -0.05) is 47.6 Å². The van der Waals surface area contributed by atoms with Crippen LogP contribution in [0, 0.1) is 0 Å². The summed E-state index contributed by atoms with van der Waals surface area (Å²) in [6.45, 7) is 1.67. The van der Waals surface area contributed by atoms with Gasteiger partial charge in [-0.05, 0) is 29.3 Å². The molecular formula is C17H15ClF2N3O2P. The summed E-state index contributed by atoms with van der Waals surface area (Å²) < 4.78 is 43.1. The summed E-state index contributed by atoms with van der Waals surface area (Å²) in [5.41, 5.74) is 2.11. The molecule has 5 nitrogen and oxygen atoms in total. The van der Waals surface area contributed by atoms with Crippen LogP contribution in [0.3, 0.4) is 0 Å². The fraction of sp³-hybridized carbons (Fsp3) is 0.176. The van der Waals surface area contributed by atoms with E-state index in [-0.39, 0.29) is 5.82 Å². The van der Waals surface area contributed by atoms with Gasteiger partial charge >= 0.3 is 11.3 Å². The fourth-order valence-electron chi connectivity index (χ4n) is 2.39. The van der Waals surface area contributed by atoms with Gasteiger partial charge in [0.1, 0.15) is 0 Å². The van der Waals surface area contributed by atoms with E-state index in [0.29, 0.717) is 11.7 Å². The van der Waals surface area contributed by atoms with Crippen molar-refractivity contribution < 1.29 is 17.9 Å². The summed E-state index contributed by atoms with van der Waals surface area (Å²) in [6.07, 6.45) is 0.333. The van der Waals surface area contributed by atoms with Crippen molar-refractivity contribution in [1.29, 1.82) is 0 Å². The van der Waals surface area contributed by atoms with Crippen LogP contribution in [-0.2, 0) is 16.1 Å². The molecule has 0 aliphatic rings. The highest BCUT2D eigenvalue weighted by Crippen LogP contribution is 2.45. The highest BCUT2D eigenvalue weighted by molar-refractivity contribution is 7.63. The third-order valence-electron chi connectivity index (χ3n) is 3.50. The van der Waals surface area contributed by atoms with Crippen LogP contribution in [0.1, 0.15) is 11.5 Å². The number of nitrogens with zero attached hydrogens (tertiary/aromatic N) is 2. The normalized spacial score (nSPS) is 14.0. The number of para-hydroxylation sites is 1. The third-order valence-corrected chi connectivity index (χ3v) is 5.37. The van der Waals surface area contributed by atoms with E-state index in [0.717, 1.165) is 11.3 Å². The molecule has 0 aliphatic heterocycles. The Bertz CT molecular complexity index is 927. The Balaban J connectivity index is 1.71. The minimum atomic E-state index is -3.71. The highest BCUT2D eigenvalue weighted by atomic mass is 35.5. The van der Waals surface area contributed by atoms with Crippen molar-refractivity contribution in [3.05, 3.63) is 66.1 Å². The van der Waals surface area contributed by atoms with Crippen LogP contribution in [0.15, 0.2) is 59.1 Å². The van der Waals surface area contributed by atoms with Gasteiger partial charge in [0.25, 0.3) is 0 Å². The number of nitrogens with one attached hydrogen (secondary N) is 1. The molecule has 0 fully saturated rings. The van der Waals surface area contributed by atoms with E-state index in [1.54, 1.807) is 30.9 Å². The molecule has 3 aromatic rings. The molecular weight excluding hydrogens is 383 g/mol. The van der Waals surface area contributed by atoms with Crippen LogP contribution < -0.4 is 5.09 Å². The largest absolute Gasteiger partial charge is 0.400 e. The Morgan fingerprint density at radius 3 is 2.38 bits per heavy atom. The molecule has 9 heteroatoms. The molecule has 0 radical (unpaired) electrons. The molecule has 0 bridgehead atoms. The minimum absolute atomic E-state index is 0.00830. The lowest BCUT2D eigenvalue weighted by molar-refractivity contribution is 0.0551. The Hall–Kier alpha value is -2.24. The maximum absolute atomic E-state index is 12.9. The summed E-state index contributed by atoms with van der Waals surface area (Å²) in [5.74, 6) is -0.947. The zero-order valence-corrected chi connectivity index (χ0v) is 15.3. The van der Waals surface area contributed by atoms with E-state index >= 15 is 0 Å². The lowest BCUT2D eigenvalue weighted by Gasteiger charge is -2.16. The molecule has 1 aromatic heterocycles. The summed E-state index contributed by atoms with van der Waals surface area (Å²) in [5, 5.41) is 2.84. The zero-order valence-electron chi connectivity index (χ0n) is 13.7. The topological polar surface area (TPSA) is 68.0 Å². The summed E-state index contributed by atoms with van der Waals surface area (Å²) in [7, 11) is -2.66. The van der Waals surface area contributed by atoms with Crippen molar-refractivity contribution >= 4 is 24.6 Å². The van der Waals surface area contributed by atoms with Gasteiger partial charge in [-0.25, -0.2) is 0 Å². The quantitative estimate of drug-likeness (QED) is 0.436. The minimum Gasteiger partial charge on any atom is -0.336 e. The van der Waals surface area contributed by atoms with Gasteiger partial charge in [0.15, 0.2) is 7.29 Å². The van der Waals surface area contributed by atoms with Crippen molar-refractivity contribution in [2.45, 2.75) is 11.5 Å². The van der Waals surface area contributed by atoms with Gasteiger partial charge in [0.2, 0.25) is 5.82 Å². The Morgan fingerprint density at radius 2 is 1.81 bits per heavy atom. The molecule has 3 rings (SSSR count). The molecule has 1 N–H and O–H groups in total. The molecule has 0 spiro atoms. The van der Waals surface area contributed by atoms with Gasteiger partial charge < -0.3 is 14.2 Å². The van der Waals surface area contributed by atoms with E-state index < -0.39 is 18.6 Å². The number of aromatic nitrogens is 2. The average molecular weight is 398 g/mol. The monoisotopic (exact) mass is 397 g/mol. The fourth-order valence-corrected chi connectivity index (χ4v) is 4.15. The van der Waals surface area contributed by atoms with Gasteiger partial charge in [-0.2, -0.15) is 13.8 Å². The highest BCUT2D eigenvalue weighted by Gasteiger charge is 2.35. The molecule has 2 aromatic carbocycles. The molecule has 0 saturated carbocycles. The second-order valence-corrected chi connectivity index (χ2v) is 9.07. The van der Waals surface area contributed by atoms with Crippen molar-refractivity contribution in [2.24, 2.45) is 0 Å². The Labute approximate surface area is 153 Å². The smallest absolute Gasteiger partial charge is 0.336 e. The van der Waals surface area contributed by atoms with Crippen molar-refractivity contribution in [1.82, 2.24) is 10.1 Å². The zero-order chi connectivity index (χ0) is 18.8. The summed E-state index contributed by atoms with van der Waals surface area (Å²) >= 11 is 4.86. The average Bonchev–Trinajstić information content (AvgIpc) is 3.06. The molecule has 0 saturated heterocycles. The SMILES string of the molecule is CP(=O)(Cc1ccc(-c2noc(C(F)(F)Cl)n2)cc1)Nc1ccccc1. The Kier molecular flexibility index (Phi) is 5.12. The van der Waals surface area contributed by atoms with Crippen LogP contribution in [-0.4, -0.2) is 16.8 Å². The number of hydrogen-bond donors (Lipinski definition) is 1. The summed E-state index contributed by atoms with van der Waals surface area (Å²) in [4.78, 5) is 3.59. The Morgan fingerprint density at radius 1 is 1.15 bits per heavy atom. The molecule has 136 valence electrons. The second kappa shape index (κ2) is 7.17. The first-order valence-corrected chi connectivity index (χ1v) is 10.3. The first kappa shape index (κ1) is 18.5. The molecule has 1 atom stereocenters. The van der Waals surface area contributed by atoms with Crippen LogP contribution in [0.2, 0.25) is 0 Å². The van der Waals surface area contributed by atoms with Crippen molar-refractivity contribution in [3.63, 3.8) is 0 Å². The van der Waals surface area contributed by atoms with Gasteiger partial charge in [0, 0.05) is 24.1 Å². The van der Waals surface area contributed by atoms with Gasteiger partial charge in [-0.15, -0.1) is 0 Å². The number of rotatable bonds is 6.